The Labute approximate surface area is 144 Å². The van der Waals surface area contributed by atoms with E-state index in [2.05, 4.69) is 21.6 Å². The van der Waals surface area contributed by atoms with Crippen LogP contribution in [0.4, 0.5) is 0 Å². The van der Waals surface area contributed by atoms with Crippen molar-refractivity contribution in [3.63, 3.8) is 0 Å². The first-order chi connectivity index (χ1) is 11.6. The Kier molecular flexibility index (Phi) is 5.32. The molecule has 0 aliphatic carbocycles. The Hall–Kier alpha value is -2.12. The molecule has 7 heteroatoms. The topological polar surface area (TPSA) is 73.1 Å². The molecule has 0 amide bonds. The maximum Gasteiger partial charge on any atom is 0.209 e. The number of benzene rings is 2. The number of hydrogen-bond donors (Lipinski definition) is 1. The highest BCUT2D eigenvalue weighted by molar-refractivity contribution is 7.99. The number of aliphatic hydroxyl groups excluding tert-OH is 1. The lowest BCUT2D eigenvalue weighted by Crippen LogP contribution is -2.20. The standard InChI is InChI=1S/C17H20N4O2S/c1-12(2)21-17(18-19-20-21)24-11-15(22)10-23-16-8-7-13-5-3-4-6-14(13)9-16/h3-9,12,15,22H,10-11H2,1-2H3. The van der Waals surface area contributed by atoms with E-state index in [1.54, 1.807) is 4.68 Å². The molecule has 2 aromatic carbocycles. The molecule has 0 bridgehead atoms. The van der Waals surface area contributed by atoms with Crippen LogP contribution in [0.2, 0.25) is 0 Å². The van der Waals surface area contributed by atoms with Gasteiger partial charge in [0.2, 0.25) is 5.16 Å². The molecule has 0 radical (unpaired) electrons. The Morgan fingerprint density at radius 2 is 1.96 bits per heavy atom. The average molecular weight is 344 g/mol. The monoisotopic (exact) mass is 344 g/mol. The van der Waals surface area contributed by atoms with Gasteiger partial charge in [-0.1, -0.05) is 42.1 Å². The third kappa shape index (κ3) is 4.04. The van der Waals surface area contributed by atoms with Crippen molar-refractivity contribution in [2.24, 2.45) is 0 Å². The van der Waals surface area contributed by atoms with Crippen LogP contribution in [0.15, 0.2) is 47.6 Å². The molecule has 0 saturated heterocycles. The van der Waals surface area contributed by atoms with Crippen LogP contribution in [0.1, 0.15) is 19.9 Å². The smallest absolute Gasteiger partial charge is 0.209 e. The third-order valence-electron chi connectivity index (χ3n) is 3.52. The lowest BCUT2D eigenvalue weighted by molar-refractivity contribution is 0.126. The fourth-order valence-electron chi connectivity index (χ4n) is 2.27. The van der Waals surface area contributed by atoms with Gasteiger partial charge in [-0.15, -0.1) is 5.10 Å². The van der Waals surface area contributed by atoms with E-state index in [0.29, 0.717) is 10.9 Å². The van der Waals surface area contributed by atoms with E-state index in [9.17, 15) is 5.11 Å². The van der Waals surface area contributed by atoms with Crippen molar-refractivity contribution < 1.29 is 9.84 Å². The summed E-state index contributed by atoms with van der Waals surface area (Å²) in [5.74, 6) is 1.23. The zero-order chi connectivity index (χ0) is 16.9. The van der Waals surface area contributed by atoms with Gasteiger partial charge in [0.05, 0.1) is 12.1 Å². The minimum atomic E-state index is -0.598. The van der Waals surface area contributed by atoms with Crippen LogP contribution in [-0.4, -0.2) is 43.8 Å². The normalized spacial score (nSPS) is 12.7. The highest BCUT2D eigenvalue weighted by atomic mass is 32.2. The minimum absolute atomic E-state index is 0.188. The van der Waals surface area contributed by atoms with Gasteiger partial charge in [0.15, 0.2) is 0 Å². The molecule has 3 aromatic rings. The zero-order valence-corrected chi connectivity index (χ0v) is 14.5. The molecule has 1 atom stereocenters. The summed E-state index contributed by atoms with van der Waals surface area (Å²) in [5.41, 5.74) is 0. The van der Waals surface area contributed by atoms with E-state index >= 15 is 0 Å². The first-order valence-electron chi connectivity index (χ1n) is 7.84. The number of aromatic nitrogens is 4. The number of nitrogens with zero attached hydrogens (tertiary/aromatic N) is 4. The van der Waals surface area contributed by atoms with Gasteiger partial charge in [-0.3, -0.25) is 0 Å². The molecule has 0 aliphatic heterocycles. The van der Waals surface area contributed by atoms with Gasteiger partial charge in [0.25, 0.3) is 0 Å². The van der Waals surface area contributed by atoms with Crippen molar-refractivity contribution in [1.29, 1.82) is 0 Å². The Morgan fingerprint density at radius 3 is 2.75 bits per heavy atom. The second-order valence-electron chi connectivity index (χ2n) is 5.78. The van der Waals surface area contributed by atoms with E-state index in [1.165, 1.54) is 17.1 Å². The van der Waals surface area contributed by atoms with Crippen LogP contribution < -0.4 is 4.74 Å². The molecule has 0 aliphatic rings. The molecule has 1 aromatic heterocycles. The SMILES string of the molecule is CC(C)n1nnnc1SCC(O)COc1ccc2ccccc2c1. The average Bonchev–Trinajstić information content (AvgIpc) is 3.07. The molecule has 3 rings (SSSR count). The van der Waals surface area contributed by atoms with Crippen LogP contribution in [0.25, 0.3) is 10.8 Å². The van der Waals surface area contributed by atoms with Gasteiger partial charge in [0, 0.05) is 5.75 Å². The van der Waals surface area contributed by atoms with Gasteiger partial charge in [-0.2, -0.15) is 0 Å². The molecule has 0 spiro atoms. The van der Waals surface area contributed by atoms with Crippen LogP contribution >= 0.6 is 11.8 Å². The first kappa shape index (κ1) is 16.7. The predicted molar refractivity (Wildman–Crippen MR) is 94.4 cm³/mol. The molecule has 0 fully saturated rings. The molecule has 6 nitrogen and oxygen atoms in total. The Morgan fingerprint density at radius 1 is 1.17 bits per heavy atom. The zero-order valence-electron chi connectivity index (χ0n) is 13.7. The van der Waals surface area contributed by atoms with E-state index in [0.717, 1.165) is 11.1 Å². The van der Waals surface area contributed by atoms with Crippen molar-refractivity contribution >= 4 is 22.5 Å². The molecule has 0 saturated carbocycles. The maximum atomic E-state index is 10.1. The molecule has 1 N–H and O–H groups in total. The number of thioether (sulfide) groups is 1. The summed E-state index contributed by atoms with van der Waals surface area (Å²) in [6, 6.07) is 14.2. The summed E-state index contributed by atoms with van der Waals surface area (Å²) in [6.45, 7) is 4.26. The van der Waals surface area contributed by atoms with Crippen LogP contribution in [0.5, 0.6) is 5.75 Å². The quantitative estimate of drug-likeness (QED) is 0.664. The molecular formula is C17H20N4O2S. The number of aliphatic hydroxyl groups is 1. The number of rotatable bonds is 7. The number of ether oxygens (including phenoxy) is 1. The molecular weight excluding hydrogens is 324 g/mol. The summed E-state index contributed by atoms with van der Waals surface area (Å²) >= 11 is 1.42. The largest absolute Gasteiger partial charge is 0.491 e. The number of tetrazole rings is 1. The lowest BCUT2D eigenvalue weighted by atomic mass is 10.1. The predicted octanol–water partition coefficient (Wildman–Crippen LogP) is 2.94. The summed E-state index contributed by atoms with van der Waals surface area (Å²) in [6.07, 6.45) is -0.598. The van der Waals surface area contributed by atoms with Crippen LogP contribution in [0.3, 0.4) is 0 Å². The van der Waals surface area contributed by atoms with Crippen molar-refractivity contribution in [3.8, 4) is 5.75 Å². The second-order valence-corrected chi connectivity index (χ2v) is 6.77. The number of hydrogen-bond acceptors (Lipinski definition) is 6. The molecule has 1 unspecified atom stereocenters. The van der Waals surface area contributed by atoms with Crippen molar-refractivity contribution in [2.45, 2.75) is 31.1 Å². The van der Waals surface area contributed by atoms with Gasteiger partial charge < -0.3 is 9.84 Å². The van der Waals surface area contributed by atoms with Gasteiger partial charge >= 0.3 is 0 Å². The lowest BCUT2D eigenvalue weighted by Gasteiger charge is -2.13. The minimum Gasteiger partial charge on any atom is -0.491 e. The third-order valence-corrected chi connectivity index (χ3v) is 4.60. The van der Waals surface area contributed by atoms with E-state index in [1.807, 2.05) is 50.2 Å². The summed E-state index contributed by atoms with van der Waals surface area (Å²) < 4.78 is 7.44. The fourth-order valence-corrected chi connectivity index (χ4v) is 3.18. The van der Waals surface area contributed by atoms with Crippen LogP contribution in [0, 0.1) is 0 Å². The molecule has 1 heterocycles. The summed E-state index contributed by atoms with van der Waals surface area (Å²) in [5, 5.41) is 24.7. The summed E-state index contributed by atoms with van der Waals surface area (Å²) in [4.78, 5) is 0. The van der Waals surface area contributed by atoms with Crippen molar-refractivity contribution in [3.05, 3.63) is 42.5 Å². The second kappa shape index (κ2) is 7.63. The maximum absolute atomic E-state index is 10.1. The molecule has 24 heavy (non-hydrogen) atoms. The Balaban J connectivity index is 1.53. The van der Waals surface area contributed by atoms with Gasteiger partial charge in [0.1, 0.15) is 12.4 Å². The Bertz CT molecular complexity index is 806. The summed E-state index contributed by atoms with van der Waals surface area (Å²) in [7, 11) is 0. The highest BCUT2D eigenvalue weighted by Crippen LogP contribution is 2.22. The first-order valence-corrected chi connectivity index (χ1v) is 8.82. The van der Waals surface area contributed by atoms with E-state index < -0.39 is 6.10 Å². The fraction of sp³-hybridized carbons (Fsp3) is 0.353. The highest BCUT2D eigenvalue weighted by Gasteiger charge is 2.13. The van der Waals surface area contributed by atoms with E-state index in [-0.39, 0.29) is 12.6 Å². The number of fused-ring (bicyclic) bond motifs is 1. The van der Waals surface area contributed by atoms with Crippen molar-refractivity contribution in [1.82, 2.24) is 20.2 Å². The van der Waals surface area contributed by atoms with Crippen LogP contribution in [-0.2, 0) is 0 Å². The molecule has 126 valence electrons. The van der Waals surface area contributed by atoms with Gasteiger partial charge in [-0.05, 0) is 47.2 Å². The van der Waals surface area contributed by atoms with E-state index in [4.69, 9.17) is 4.74 Å². The van der Waals surface area contributed by atoms with Crippen molar-refractivity contribution in [2.75, 3.05) is 12.4 Å². The van der Waals surface area contributed by atoms with Gasteiger partial charge in [-0.25, -0.2) is 4.68 Å².